The zero-order valence-electron chi connectivity index (χ0n) is 9.89. The van der Waals surface area contributed by atoms with Crippen molar-refractivity contribution in [1.82, 2.24) is 0 Å². The van der Waals surface area contributed by atoms with E-state index in [0.29, 0.717) is 5.75 Å². The van der Waals surface area contributed by atoms with Gasteiger partial charge in [0.05, 0.1) is 7.11 Å². The van der Waals surface area contributed by atoms with Crippen LogP contribution in [0.25, 0.3) is 0 Å². The number of thioether (sulfide) groups is 1. The number of hydrogen-bond acceptors (Lipinski definition) is 3. The second kappa shape index (κ2) is 6.16. The summed E-state index contributed by atoms with van der Waals surface area (Å²) in [4.78, 5) is 1.13. The van der Waals surface area contributed by atoms with Crippen molar-refractivity contribution in [2.75, 3.05) is 7.11 Å². The quantitative estimate of drug-likeness (QED) is 0.842. The molecule has 18 heavy (non-hydrogen) atoms. The molecule has 0 atom stereocenters. The maximum absolute atomic E-state index is 9.22. The zero-order valence-corrected chi connectivity index (χ0v) is 12.3. The molecule has 0 saturated heterocycles. The van der Waals surface area contributed by atoms with Gasteiger partial charge in [-0.15, -0.1) is 11.8 Å². The molecule has 0 saturated carbocycles. The number of hydrogen-bond donors (Lipinski definition) is 1. The number of rotatable bonds is 4. The lowest BCUT2D eigenvalue weighted by Gasteiger charge is -2.07. The summed E-state index contributed by atoms with van der Waals surface area (Å²) in [7, 11) is 1.67. The van der Waals surface area contributed by atoms with E-state index < -0.39 is 0 Å². The molecule has 4 heteroatoms. The maximum Gasteiger partial charge on any atom is 0.119 e. The van der Waals surface area contributed by atoms with Crippen LogP contribution in [0.15, 0.2) is 51.8 Å². The normalized spacial score (nSPS) is 10.3. The summed E-state index contributed by atoms with van der Waals surface area (Å²) >= 11 is 5.25. The van der Waals surface area contributed by atoms with Crippen molar-refractivity contribution in [3.8, 4) is 11.5 Å². The maximum atomic E-state index is 9.22. The van der Waals surface area contributed by atoms with Crippen LogP contribution in [-0.4, -0.2) is 12.2 Å². The van der Waals surface area contributed by atoms with Crippen molar-refractivity contribution in [3.05, 3.63) is 52.5 Å². The molecule has 1 N–H and O–H groups in total. The molecule has 0 aromatic heterocycles. The predicted octanol–water partition coefficient (Wildman–Crippen LogP) is 4.46. The number of aromatic hydroxyl groups is 1. The molecule has 2 nitrogen and oxygen atoms in total. The minimum absolute atomic E-state index is 0.293. The highest BCUT2D eigenvalue weighted by atomic mass is 79.9. The van der Waals surface area contributed by atoms with Crippen molar-refractivity contribution in [1.29, 1.82) is 0 Å². The molecule has 0 aliphatic heterocycles. The number of halogens is 1. The molecule has 94 valence electrons. The Hall–Kier alpha value is -1.13. The highest BCUT2D eigenvalue weighted by Crippen LogP contribution is 2.30. The minimum atomic E-state index is 0.293. The summed E-state index contributed by atoms with van der Waals surface area (Å²) in [5, 5.41) is 9.22. The molecule has 0 amide bonds. The Morgan fingerprint density at radius 1 is 1.17 bits per heavy atom. The van der Waals surface area contributed by atoms with Gasteiger partial charge in [0.15, 0.2) is 0 Å². The van der Waals surface area contributed by atoms with Crippen molar-refractivity contribution in [3.63, 3.8) is 0 Å². The first-order valence-electron chi connectivity index (χ1n) is 5.43. The summed E-state index contributed by atoms with van der Waals surface area (Å²) in [5.74, 6) is 2.00. The third-order valence-electron chi connectivity index (χ3n) is 2.48. The smallest absolute Gasteiger partial charge is 0.119 e. The van der Waals surface area contributed by atoms with Crippen LogP contribution in [0.2, 0.25) is 0 Å². The lowest BCUT2D eigenvalue weighted by atomic mass is 10.2. The molecule has 0 radical (unpaired) electrons. The van der Waals surface area contributed by atoms with E-state index >= 15 is 0 Å². The Kier molecular flexibility index (Phi) is 4.55. The van der Waals surface area contributed by atoms with E-state index in [1.165, 1.54) is 5.56 Å². The van der Waals surface area contributed by atoms with Crippen LogP contribution in [-0.2, 0) is 5.75 Å². The Morgan fingerprint density at radius 3 is 2.56 bits per heavy atom. The molecule has 0 spiro atoms. The third-order valence-corrected chi connectivity index (χ3v) is 4.32. The topological polar surface area (TPSA) is 29.5 Å². The van der Waals surface area contributed by atoms with Gasteiger partial charge in [-0.3, -0.25) is 0 Å². The van der Waals surface area contributed by atoms with E-state index in [2.05, 4.69) is 15.9 Å². The molecule has 0 unspecified atom stereocenters. The molecule has 0 aliphatic carbocycles. The van der Waals surface area contributed by atoms with Crippen molar-refractivity contribution >= 4 is 27.7 Å². The Bertz CT molecular complexity index is 526. The van der Waals surface area contributed by atoms with Crippen LogP contribution in [0, 0.1) is 0 Å². The molecular weight excluding hydrogens is 312 g/mol. The van der Waals surface area contributed by atoms with Gasteiger partial charge in [0.1, 0.15) is 11.5 Å². The van der Waals surface area contributed by atoms with E-state index in [1.54, 1.807) is 31.0 Å². The minimum Gasteiger partial charge on any atom is -0.508 e. The monoisotopic (exact) mass is 324 g/mol. The van der Waals surface area contributed by atoms with Gasteiger partial charge in [0.2, 0.25) is 0 Å². The fraction of sp³-hybridized carbons (Fsp3) is 0.143. The van der Waals surface area contributed by atoms with Crippen molar-refractivity contribution < 1.29 is 9.84 Å². The van der Waals surface area contributed by atoms with Gasteiger partial charge >= 0.3 is 0 Å². The number of phenolic OH excluding ortho intramolecular Hbond substituents is 1. The average molecular weight is 325 g/mol. The van der Waals surface area contributed by atoms with Gasteiger partial charge < -0.3 is 9.84 Å². The van der Waals surface area contributed by atoms with Crippen molar-refractivity contribution in [2.45, 2.75) is 10.6 Å². The number of phenols is 1. The zero-order chi connectivity index (χ0) is 13.0. The molecule has 0 fully saturated rings. The summed E-state index contributed by atoms with van der Waals surface area (Å²) in [6, 6.07) is 13.2. The molecule has 0 aliphatic rings. The SMILES string of the molecule is COc1ccc(Br)c(CSc2ccc(O)cc2)c1. The lowest BCUT2D eigenvalue weighted by Crippen LogP contribution is -1.87. The van der Waals surface area contributed by atoms with E-state index in [-0.39, 0.29) is 0 Å². The summed E-state index contributed by atoms with van der Waals surface area (Å²) in [6.07, 6.45) is 0. The first-order valence-corrected chi connectivity index (χ1v) is 7.21. The lowest BCUT2D eigenvalue weighted by molar-refractivity contribution is 0.414. The van der Waals surface area contributed by atoms with Gasteiger partial charge in [-0.2, -0.15) is 0 Å². The van der Waals surface area contributed by atoms with Gasteiger partial charge in [-0.25, -0.2) is 0 Å². The largest absolute Gasteiger partial charge is 0.508 e. The Balaban J connectivity index is 2.07. The van der Waals surface area contributed by atoms with Gasteiger partial charge in [0.25, 0.3) is 0 Å². The summed E-state index contributed by atoms with van der Waals surface area (Å²) < 4.78 is 6.29. The summed E-state index contributed by atoms with van der Waals surface area (Å²) in [5.41, 5.74) is 1.19. The number of methoxy groups -OCH3 is 1. The van der Waals surface area contributed by atoms with Crippen LogP contribution in [0.1, 0.15) is 5.56 Å². The average Bonchev–Trinajstić information content (AvgIpc) is 2.40. The highest BCUT2D eigenvalue weighted by molar-refractivity contribution is 9.10. The molecular formula is C14H13BrO2S. The Morgan fingerprint density at radius 2 is 1.89 bits per heavy atom. The van der Waals surface area contributed by atoms with Gasteiger partial charge in [0, 0.05) is 15.1 Å². The third kappa shape index (κ3) is 3.43. The van der Waals surface area contributed by atoms with E-state index in [9.17, 15) is 5.11 Å². The van der Waals surface area contributed by atoms with Crippen LogP contribution >= 0.6 is 27.7 Å². The highest BCUT2D eigenvalue weighted by Gasteiger charge is 2.03. The van der Waals surface area contributed by atoms with Crippen LogP contribution in [0.5, 0.6) is 11.5 Å². The van der Waals surface area contributed by atoms with Crippen LogP contribution in [0.3, 0.4) is 0 Å². The molecule has 2 aromatic rings. The van der Waals surface area contributed by atoms with Crippen LogP contribution in [0.4, 0.5) is 0 Å². The van der Waals surface area contributed by atoms with Crippen LogP contribution < -0.4 is 4.74 Å². The predicted molar refractivity (Wildman–Crippen MR) is 78.4 cm³/mol. The van der Waals surface area contributed by atoms with E-state index in [0.717, 1.165) is 20.9 Å². The first kappa shape index (κ1) is 13.3. The van der Waals surface area contributed by atoms with Gasteiger partial charge in [-0.1, -0.05) is 15.9 Å². The molecule has 2 aromatic carbocycles. The van der Waals surface area contributed by atoms with Gasteiger partial charge in [-0.05, 0) is 48.0 Å². The van der Waals surface area contributed by atoms with E-state index in [4.69, 9.17) is 4.74 Å². The number of benzene rings is 2. The fourth-order valence-electron chi connectivity index (χ4n) is 1.49. The molecule has 0 heterocycles. The van der Waals surface area contributed by atoms with E-state index in [1.807, 2.05) is 30.3 Å². The molecule has 0 bridgehead atoms. The Labute approximate surface area is 119 Å². The first-order chi connectivity index (χ1) is 8.69. The second-order valence-corrected chi connectivity index (χ2v) is 5.64. The summed E-state index contributed by atoms with van der Waals surface area (Å²) in [6.45, 7) is 0. The van der Waals surface area contributed by atoms with Crippen molar-refractivity contribution in [2.24, 2.45) is 0 Å². The molecule has 2 rings (SSSR count). The standard InChI is InChI=1S/C14H13BrO2S/c1-17-12-4-7-14(15)10(8-12)9-18-13-5-2-11(16)3-6-13/h2-8,16H,9H2,1H3. The fourth-order valence-corrected chi connectivity index (χ4v) is 2.95. The second-order valence-electron chi connectivity index (χ2n) is 3.74. The number of ether oxygens (including phenoxy) is 1.